The van der Waals surface area contributed by atoms with Crippen LogP contribution in [-0.2, 0) is 23.3 Å². The van der Waals surface area contributed by atoms with Crippen LogP contribution in [0.2, 0.25) is 0 Å². The fourth-order valence-electron chi connectivity index (χ4n) is 1.93. The van der Waals surface area contributed by atoms with Gasteiger partial charge in [-0.25, -0.2) is 23.3 Å². The van der Waals surface area contributed by atoms with Crippen LogP contribution in [0, 0.1) is 26.0 Å². The second-order valence-electron chi connectivity index (χ2n) is 4.86. The Bertz CT molecular complexity index is 311. The maximum atomic E-state index is 3.12. The Morgan fingerprint density at radius 1 is 0.870 bits per heavy atom. The third-order valence-corrected chi connectivity index (χ3v) is 3.05. The van der Waals surface area contributed by atoms with Crippen molar-refractivity contribution < 1.29 is 23.3 Å². The molecule has 23 heavy (non-hydrogen) atoms. The molecule has 0 spiro atoms. The van der Waals surface area contributed by atoms with Gasteiger partial charge in [-0.1, -0.05) is 33.1 Å². The minimum atomic E-state index is 0. The summed E-state index contributed by atoms with van der Waals surface area (Å²) in [5.74, 6) is 0. The van der Waals surface area contributed by atoms with Crippen molar-refractivity contribution in [2.75, 3.05) is 0 Å². The molecule has 3 rings (SSSR count). The summed E-state index contributed by atoms with van der Waals surface area (Å²) in [4.78, 5) is 0. The van der Waals surface area contributed by atoms with Gasteiger partial charge in [-0.05, 0) is 0 Å². The first-order chi connectivity index (χ1) is 9.79. The molecule has 0 aromatic rings. The third-order valence-electron chi connectivity index (χ3n) is 3.05. The molecule has 0 radical (unpaired) electrons. The molecule has 0 nitrogen and oxygen atoms in total. The van der Waals surface area contributed by atoms with Crippen molar-refractivity contribution >= 4 is 31.7 Å². The van der Waals surface area contributed by atoms with Crippen molar-refractivity contribution in [1.82, 2.24) is 0 Å². The first-order valence-corrected chi connectivity index (χ1v) is 13.4. The van der Waals surface area contributed by atoms with Gasteiger partial charge in [0.05, 0.1) is 0 Å². The van der Waals surface area contributed by atoms with Crippen molar-refractivity contribution in [3.63, 3.8) is 0 Å². The fourth-order valence-corrected chi connectivity index (χ4v) is 1.93. The first kappa shape index (κ1) is 31.4. The van der Waals surface area contributed by atoms with Gasteiger partial charge in [0.15, 0.2) is 0 Å². The van der Waals surface area contributed by atoms with Gasteiger partial charge in [0.2, 0.25) is 0 Å². The van der Waals surface area contributed by atoms with E-state index in [1.165, 1.54) is 43.3 Å². The molecule has 3 aliphatic carbocycles. The summed E-state index contributed by atoms with van der Waals surface area (Å²) in [7, 11) is 0. The van der Waals surface area contributed by atoms with Gasteiger partial charge in [-0.3, -0.25) is 12.2 Å². The van der Waals surface area contributed by atoms with Crippen LogP contribution in [0.25, 0.3) is 0 Å². The molecular formula is C19H32Cl2SiZr-4. The van der Waals surface area contributed by atoms with E-state index in [0.717, 1.165) is 12.8 Å². The summed E-state index contributed by atoms with van der Waals surface area (Å²) in [6.45, 7) is 6.07. The molecule has 1 fully saturated rings. The van der Waals surface area contributed by atoms with Crippen molar-refractivity contribution in [1.29, 1.82) is 0 Å². The normalized spacial score (nSPS) is 16.0. The Morgan fingerprint density at radius 3 is 1.35 bits per heavy atom. The molecule has 0 saturated heterocycles. The molecule has 0 aromatic heterocycles. The summed E-state index contributed by atoms with van der Waals surface area (Å²) >= 11 is 1.58. The number of hydrogen-bond donors (Lipinski definition) is 0. The summed E-state index contributed by atoms with van der Waals surface area (Å²) in [5, 5.41) is 0. The standard InChI is InChI=1S/2C6H7.C6H11.CH3.2ClH.H2Si.Zr/c2*1-6-4-2-3-5-6;1-2-4-6-5-3-1;;;;;/h2*2,4H,3H2,1H3;1H,2-6H2;1H3;2*1H;1H2;/q4*-1;;;;. The summed E-state index contributed by atoms with van der Waals surface area (Å²) in [5.41, 5.74) is 2.55. The van der Waals surface area contributed by atoms with Crippen molar-refractivity contribution in [3.05, 3.63) is 61.4 Å². The van der Waals surface area contributed by atoms with E-state index in [1.54, 1.807) is 23.3 Å². The minimum absolute atomic E-state index is 0. The quantitative estimate of drug-likeness (QED) is 0.317. The van der Waals surface area contributed by atoms with E-state index in [2.05, 4.69) is 56.7 Å². The summed E-state index contributed by atoms with van der Waals surface area (Å²) in [6, 6.07) is 0. The molecular weight excluding hydrogens is 418 g/mol. The van der Waals surface area contributed by atoms with Gasteiger partial charge in [0.1, 0.15) is 0 Å². The van der Waals surface area contributed by atoms with Gasteiger partial charge in [0, 0.05) is 0 Å². The Morgan fingerprint density at radius 2 is 1.26 bits per heavy atom. The van der Waals surface area contributed by atoms with Gasteiger partial charge >= 0.3 is 30.2 Å². The molecule has 0 atom stereocenters. The topological polar surface area (TPSA) is 0 Å². The van der Waals surface area contributed by atoms with Crippen LogP contribution in [0.4, 0.5) is 0 Å². The zero-order valence-electron chi connectivity index (χ0n) is 14.9. The zero-order valence-corrected chi connectivity index (χ0v) is 20.4. The summed E-state index contributed by atoms with van der Waals surface area (Å²) in [6.07, 6.45) is 26.2. The first-order valence-electron chi connectivity index (χ1n) is 7.44. The molecule has 0 N–H and O–H groups in total. The van der Waals surface area contributed by atoms with E-state index in [4.69, 9.17) is 0 Å². The monoisotopic (exact) mass is 448 g/mol. The Kier molecular flexibility index (Phi) is 34.0. The average Bonchev–Trinajstić information content (AvgIpc) is 3.18. The van der Waals surface area contributed by atoms with Crippen LogP contribution in [-0.4, -0.2) is 6.88 Å². The number of rotatable bonds is 0. The molecule has 0 heterocycles. The molecule has 0 unspecified atom stereocenters. The van der Waals surface area contributed by atoms with E-state index < -0.39 is 0 Å². The summed E-state index contributed by atoms with van der Waals surface area (Å²) < 4.78 is 0. The number of allylic oxidation sites excluding steroid dienone is 8. The van der Waals surface area contributed by atoms with E-state index in [1.807, 2.05) is 6.88 Å². The van der Waals surface area contributed by atoms with Gasteiger partial charge in [-0.2, -0.15) is 25.0 Å². The predicted octanol–water partition coefficient (Wildman–Crippen LogP) is 5.92. The number of hydrogen-bond acceptors (Lipinski definition) is 0. The van der Waals surface area contributed by atoms with Crippen LogP contribution < -0.4 is 0 Å². The Balaban J connectivity index is -0.000000105. The maximum absolute atomic E-state index is 3.12. The van der Waals surface area contributed by atoms with Crippen LogP contribution in [0.15, 0.2) is 35.5 Å². The molecule has 0 amide bonds. The van der Waals surface area contributed by atoms with E-state index in [0.29, 0.717) is 0 Å². The van der Waals surface area contributed by atoms with Crippen LogP contribution in [0.3, 0.4) is 0 Å². The van der Waals surface area contributed by atoms with Crippen LogP contribution in [0.5, 0.6) is 0 Å². The Labute approximate surface area is 174 Å². The predicted molar refractivity (Wildman–Crippen MR) is 109 cm³/mol. The molecule has 0 aliphatic heterocycles. The van der Waals surface area contributed by atoms with Crippen LogP contribution >= 0.6 is 24.8 Å². The van der Waals surface area contributed by atoms with Gasteiger partial charge in [0.25, 0.3) is 0 Å². The molecule has 3 aliphatic rings. The average molecular weight is 451 g/mol. The fraction of sp³-hybridized carbons (Fsp3) is 0.474. The van der Waals surface area contributed by atoms with Gasteiger partial charge < -0.3 is 13.8 Å². The number of halogens is 2. The van der Waals surface area contributed by atoms with Crippen molar-refractivity contribution in [2.24, 2.45) is 0 Å². The van der Waals surface area contributed by atoms with Crippen molar-refractivity contribution in [3.8, 4) is 0 Å². The second-order valence-corrected chi connectivity index (χ2v) is 4.86. The molecule has 0 aromatic carbocycles. The van der Waals surface area contributed by atoms with E-state index in [-0.39, 0.29) is 32.2 Å². The zero-order chi connectivity index (χ0) is 15.1. The van der Waals surface area contributed by atoms with Gasteiger partial charge in [-0.15, -0.1) is 37.7 Å². The van der Waals surface area contributed by atoms with Crippen molar-refractivity contribution in [2.45, 2.75) is 58.8 Å². The molecule has 0 bridgehead atoms. The third kappa shape index (κ3) is 22.6. The second kappa shape index (κ2) is 24.9. The van der Waals surface area contributed by atoms with Crippen LogP contribution in [0.1, 0.15) is 58.8 Å². The van der Waals surface area contributed by atoms with E-state index >= 15 is 0 Å². The molecule has 4 heteroatoms. The Hall–Kier alpha value is 0.640. The SMILES string of the molecule is CC1=[C-]CC=C1.CC1=[C-]CC=C1.Cl.Cl.[CH-]1CCCCC1.[CH3-].[SiH2]=[Zr]. The molecule has 1 saturated carbocycles. The van der Waals surface area contributed by atoms with E-state index in [9.17, 15) is 0 Å². The molecule has 134 valence electrons.